The molecule has 0 saturated heterocycles. The lowest BCUT2D eigenvalue weighted by molar-refractivity contribution is -0.0343. The zero-order valence-electron chi connectivity index (χ0n) is 16.0. The van der Waals surface area contributed by atoms with E-state index in [0.717, 1.165) is 22.8 Å². The molecule has 2 atom stereocenters. The van der Waals surface area contributed by atoms with Gasteiger partial charge >= 0.3 is 0 Å². The largest absolute Gasteiger partial charge is 0.381 e. The molecular weight excluding hydrogens is 479 g/mol. The Bertz CT molecular complexity index is 1330. The summed E-state index contributed by atoms with van der Waals surface area (Å²) >= 11 is 3.05. The van der Waals surface area contributed by atoms with Gasteiger partial charge in [0.05, 0.1) is 34.3 Å². The van der Waals surface area contributed by atoms with Crippen LogP contribution in [0.2, 0.25) is 0 Å². The first-order valence-corrected chi connectivity index (χ1v) is 9.86. The van der Waals surface area contributed by atoms with E-state index in [4.69, 9.17) is 0 Å². The topological polar surface area (TPSA) is 85.8 Å². The van der Waals surface area contributed by atoms with E-state index in [0.29, 0.717) is 6.07 Å². The average molecular weight is 494 g/mol. The molecule has 0 aliphatic heterocycles. The first-order chi connectivity index (χ1) is 14.7. The third-order valence-electron chi connectivity index (χ3n) is 5.20. The SMILES string of the molecule is C[C@@H](n1cnc2cc(Br)c(F)cc2c1=O)[C@](O)(Cn1cncn1)c1ccc(F)cc1F. The van der Waals surface area contributed by atoms with Crippen LogP contribution in [0.3, 0.4) is 0 Å². The molecule has 0 radical (unpaired) electrons. The van der Waals surface area contributed by atoms with Crippen LogP contribution in [0.1, 0.15) is 18.5 Å². The van der Waals surface area contributed by atoms with Crippen LogP contribution >= 0.6 is 15.9 Å². The van der Waals surface area contributed by atoms with E-state index in [2.05, 4.69) is 31.0 Å². The number of fused-ring (bicyclic) bond motifs is 1. The Hall–Kier alpha value is -3.05. The summed E-state index contributed by atoms with van der Waals surface area (Å²) in [6.45, 7) is 1.18. The van der Waals surface area contributed by atoms with Crippen LogP contribution < -0.4 is 5.56 Å². The van der Waals surface area contributed by atoms with E-state index in [-0.39, 0.29) is 27.5 Å². The highest BCUT2D eigenvalue weighted by atomic mass is 79.9. The second-order valence-corrected chi connectivity index (χ2v) is 7.91. The van der Waals surface area contributed by atoms with Gasteiger partial charge in [0, 0.05) is 11.6 Å². The molecule has 7 nitrogen and oxygen atoms in total. The third kappa shape index (κ3) is 3.74. The zero-order chi connectivity index (χ0) is 22.3. The van der Waals surface area contributed by atoms with Gasteiger partial charge in [-0.15, -0.1) is 0 Å². The molecule has 2 aromatic carbocycles. The van der Waals surface area contributed by atoms with Gasteiger partial charge in [0.25, 0.3) is 5.56 Å². The standard InChI is InChI=1S/C20H15BrF3N5O2/c1-11(29-10-26-18-6-15(21)17(24)5-13(18)19(29)30)20(31,7-28-9-25-8-27-28)14-3-2-12(22)4-16(14)23/h2-6,8-11,31H,7H2,1H3/t11-,20-/m1/s1. The molecule has 0 amide bonds. The molecule has 1 N–H and O–H groups in total. The van der Waals surface area contributed by atoms with Crippen molar-refractivity contribution in [2.75, 3.05) is 0 Å². The predicted molar refractivity (Wildman–Crippen MR) is 109 cm³/mol. The summed E-state index contributed by atoms with van der Waals surface area (Å²) in [5.41, 5.74) is -2.69. The Morgan fingerprint density at radius 2 is 1.94 bits per heavy atom. The van der Waals surface area contributed by atoms with Gasteiger partial charge in [0.15, 0.2) is 0 Å². The second kappa shape index (κ2) is 7.89. The number of hydrogen-bond donors (Lipinski definition) is 1. The molecular formula is C20H15BrF3N5O2. The lowest BCUT2D eigenvalue weighted by Gasteiger charge is -2.35. The van der Waals surface area contributed by atoms with Gasteiger partial charge < -0.3 is 5.11 Å². The number of rotatable bonds is 5. The Morgan fingerprint density at radius 1 is 1.16 bits per heavy atom. The van der Waals surface area contributed by atoms with E-state index in [1.165, 1.54) is 36.7 Å². The van der Waals surface area contributed by atoms with Gasteiger partial charge in [-0.05, 0) is 41.1 Å². The van der Waals surface area contributed by atoms with Gasteiger partial charge in [-0.1, -0.05) is 6.07 Å². The molecule has 0 unspecified atom stereocenters. The van der Waals surface area contributed by atoms with Crippen molar-refractivity contribution in [1.29, 1.82) is 0 Å². The van der Waals surface area contributed by atoms with Gasteiger partial charge in [0.1, 0.15) is 35.7 Å². The lowest BCUT2D eigenvalue weighted by Crippen LogP contribution is -2.43. The molecule has 0 aliphatic rings. The Morgan fingerprint density at radius 3 is 2.61 bits per heavy atom. The first-order valence-electron chi connectivity index (χ1n) is 9.07. The summed E-state index contributed by atoms with van der Waals surface area (Å²) in [6.07, 6.45) is 3.73. The van der Waals surface area contributed by atoms with Crippen LogP contribution in [-0.2, 0) is 12.1 Å². The van der Waals surface area contributed by atoms with Crippen LogP contribution in [0.15, 0.2) is 58.6 Å². The number of aliphatic hydroxyl groups is 1. The van der Waals surface area contributed by atoms with Crippen LogP contribution in [0, 0.1) is 17.5 Å². The highest BCUT2D eigenvalue weighted by Gasteiger charge is 2.41. The molecule has 0 spiro atoms. The normalized spacial score (nSPS) is 14.5. The predicted octanol–water partition coefficient (Wildman–Crippen LogP) is 3.32. The maximum absolute atomic E-state index is 14.7. The van der Waals surface area contributed by atoms with Crippen molar-refractivity contribution in [1.82, 2.24) is 24.3 Å². The second-order valence-electron chi connectivity index (χ2n) is 7.06. The maximum atomic E-state index is 14.7. The summed E-state index contributed by atoms with van der Waals surface area (Å²) in [6, 6.07) is 4.05. The first kappa shape index (κ1) is 21.2. The molecule has 0 bridgehead atoms. The Labute approximate surface area is 181 Å². The molecule has 31 heavy (non-hydrogen) atoms. The highest BCUT2D eigenvalue weighted by molar-refractivity contribution is 9.10. The molecule has 160 valence electrons. The smallest absolute Gasteiger partial charge is 0.261 e. The number of nitrogens with zero attached hydrogens (tertiary/aromatic N) is 5. The molecule has 0 aliphatic carbocycles. The minimum Gasteiger partial charge on any atom is -0.381 e. The molecule has 4 rings (SSSR count). The number of hydrogen-bond acceptors (Lipinski definition) is 5. The van der Waals surface area contributed by atoms with Gasteiger partial charge in [0.2, 0.25) is 0 Å². The van der Waals surface area contributed by atoms with E-state index >= 15 is 0 Å². The fourth-order valence-electron chi connectivity index (χ4n) is 3.48. The van der Waals surface area contributed by atoms with Gasteiger partial charge in [-0.25, -0.2) is 27.8 Å². The molecule has 11 heteroatoms. The van der Waals surface area contributed by atoms with Crippen molar-refractivity contribution in [2.45, 2.75) is 25.1 Å². The molecule has 2 heterocycles. The van der Waals surface area contributed by atoms with E-state index < -0.39 is 34.7 Å². The minimum atomic E-state index is -2.06. The van der Waals surface area contributed by atoms with Crippen molar-refractivity contribution >= 4 is 26.8 Å². The van der Waals surface area contributed by atoms with Crippen molar-refractivity contribution in [3.8, 4) is 0 Å². The molecule has 4 aromatic rings. The minimum absolute atomic E-state index is 0.0160. The van der Waals surface area contributed by atoms with Crippen molar-refractivity contribution < 1.29 is 18.3 Å². The van der Waals surface area contributed by atoms with Crippen molar-refractivity contribution in [2.24, 2.45) is 0 Å². The highest BCUT2D eigenvalue weighted by Crippen LogP contribution is 2.36. The third-order valence-corrected chi connectivity index (χ3v) is 5.81. The van der Waals surface area contributed by atoms with Crippen molar-refractivity contribution in [3.63, 3.8) is 0 Å². The summed E-state index contributed by atoms with van der Waals surface area (Å²) in [4.78, 5) is 21.1. The Balaban J connectivity index is 1.90. The summed E-state index contributed by atoms with van der Waals surface area (Å²) in [7, 11) is 0. The average Bonchev–Trinajstić information content (AvgIpc) is 3.22. The number of aromatic nitrogens is 5. The van der Waals surface area contributed by atoms with E-state index in [1.54, 1.807) is 0 Å². The van der Waals surface area contributed by atoms with Crippen LogP contribution in [-0.4, -0.2) is 29.4 Å². The van der Waals surface area contributed by atoms with E-state index in [1.807, 2.05) is 0 Å². The lowest BCUT2D eigenvalue weighted by atomic mass is 9.86. The van der Waals surface area contributed by atoms with Crippen LogP contribution in [0.4, 0.5) is 13.2 Å². The summed E-state index contributed by atoms with van der Waals surface area (Å²) in [5.74, 6) is -2.46. The monoisotopic (exact) mass is 493 g/mol. The fraction of sp³-hybridized carbons (Fsp3) is 0.200. The maximum Gasteiger partial charge on any atom is 0.261 e. The zero-order valence-corrected chi connectivity index (χ0v) is 17.6. The molecule has 2 aromatic heterocycles. The van der Waals surface area contributed by atoms with Gasteiger partial charge in [-0.3, -0.25) is 9.36 Å². The van der Waals surface area contributed by atoms with E-state index in [9.17, 15) is 23.1 Å². The van der Waals surface area contributed by atoms with Crippen molar-refractivity contribution in [3.05, 3.63) is 87.2 Å². The fourth-order valence-corrected chi connectivity index (χ4v) is 3.81. The van der Waals surface area contributed by atoms with Crippen LogP contribution in [0.5, 0.6) is 0 Å². The molecule has 0 fully saturated rings. The number of benzene rings is 2. The summed E-state index contributed by atoms with van der Waals surface area (Å²) in [5, 5.41) is 15.5. The quantitative estimate of drug-likeness (QED) is 0.460. The number of halogens is 4. The Kier molecular flexibility index (Phi) is 5.40. The van der Waals surface area contributed by atoms with Crippen LogP contribution in [0.25, 0.3) is 10.9 Å². The van der Waals surface area contributed by atoms with Gasteiger partial charge in [-0.2, -0.15) is 5.10 Å². The molecule has 0 saturated carbocycles. The summed E-state index contributed by atoms with van der Waals surface area (Å²) < 4.78 is 44.7.